The number of aliphatic hydroxyl groups is 1. The zero-order valence-corrected chi connectivity index (χ0v) is 11.2. The molecule has 5 atom stereocenters. The van der Waals surface area contributed by atoms with E-state index in [0.29, 0.717) is 5.41 Å². The molecule has 16 heavy (non-hydrogen) atoms. The standard InChI is InChI=1S/C15H26O/c1-10-5-8-15-12(10)9-11(13(15,2)3)6-7-14(15,4)16/h10-12,16H,5-9H2,1-4H3/t10-,11+,12-,14-,15-/m1/s1. The summed E-state index contributed by atoms with van der Waals surface area (Å²) in [7, 11) is 0. The van der Waals surface area contributed by atoms with Crippen molar-refractivity contribution in [2.45, 2.75) is 65.4 Å². The lowest BCUT2D eigenvalue weighted by Gasteiger charge is -2.57. The van der Waals surface area contributed by atoms with Gasteiger partial charge in [0.05, 0.1) is 5.60 Å². The van der Waals surface area contributed by atoms with E-state index in [2.05, 4.69) is 27.7 Å². The van der Waals surface area contributed by atoms with Crippen molar-refractivity contribution in [2.24, 2.45) is 28.6 Å². The van der Waals surface area contributed by atoms with Gasteiger partial charge in [-0.05, 0) is 62.2 Å². The van der Waals surface area contributed by atoms with Gasteiger partial charge in [0.25, 0.3) is 0 Å². The lowest BCUT2D eigenvalue weighted by atomic mass is 9.50. The summed E-state index contributed by atoms with van der Waals surface area (Å²) in [6.07, 6.45) is 6.24. The van der Waals surface area contributed by atoms with Crippen molar-refractivity contribution in [3.8, 4) is 0 Å². The molecular formula is C15H26O. The first-order valence-corrected chi connectivity index (χ1v) is 7.05. The van der Waals surface area contributed by atoms with Gasteiger partial charge in [0, 0.05) is 5.41 Å². The second-order valence-electron chi connectivity index (χ2n) is 7.56. The Bertz CT molecular complexity index is 317. The van der Waals surface area contributed by atoms with Gasteiger partial charge < -0.3 is 5.11 Å². The molecular weight excluding hydrogens is 196 g/mol. The van der Waals surface area contributed by atoms with Crippen LogP contribution in [0.1, 0.15) is 59.8 Å². The van der Waals surface area contributed by atoms with Gasteiger partial charge in [-0.15, -0.1) is 0 Å². The molecule has 1 spiro atoms. The Morgan fingerprint density at radius 1 is 1.06 bits per heavy atom. The second kappa shape index (κ2) is 2.85. The average Bonchev–Trinajstić information content (AvgIpc) is 2.56. The van der Waals surface area contributed by atoms with Gasteiger partial charge in [0.15, 0.2) is 0 Å². The van der Waals surface area contributed by atoms with E-state index >= 15 is 0 Å². The molecule has 0 radical (unpaired) electrons. The van der Waals surface area contributed by atoms with Crippen molar-refractivity contribution in [1.29, 1.82) is 0 Å². The maximum absolute atomic E-state index is 11.0. The second-order valence-corrected chi connectivity index (χ2v) is 7.56. The van der Waals surface area contributed by atoms with E-state index < -0.39 is 5.60 Å². The Morgan fingerprint density at radius 2 is 1.75 bits per heavy atom. The number of hydrogen-bond donors (Lipinski definition) is 1. The van der Waals surface area contributed by atoms with Crippen molar-refractivity contribution < 1.29 is 5.11 Å². The van der Waals surface area contributed by atoms with Gasteiger partial charge in [0.2, 0.25) is 0 Å². The third-order valence-electron chi connectivity index (χ3n) is 6.96. The van der Waals surface area contributed by atoms with Crippen molar-refractivity contribution in [1.82, 2.24) is 0 Å². The number of hydrogen-bond acceptors (Lipinski definition) is 1. The van der Waals surface area contributed by atoms with E-state index in [1.807, 2.05) is 0 Å². The van der Waals surface area contributed by atoms with E-state index in [9.17, 15) is 5.11 Å². The highest BCUT2D eigenvalue weighted by molar-refractivity contribution is 5.20. The molecule has 0 aliphatic heterocycles. The highest BCUT2D eigenvalue weighted by Crippen LogP contribution is 2.75. The predicted octanol–water partition coefficient (Wildman–Crippen LogP) is 3.61. The first kappa shape index (κ1) is 11.1. The van der Waals surface area contributed by atoms with Crippen molar-refractivity contribution in [2.75, 3.05) is 0 Å². The van der Waals surface area contributed by atoms with E-state index in [-0.39, 0.29) is 5.41 Å². The van der Waals surface area contributed by atoms with Crippen LogP contribution in [0.4, 0.5) is 0 Å². The Balaban J connectivity index is 2.16. The molecule has 3 aliphatic carbocycles. The summed E-state index contributed by atoms with van der Waals surface area (Å²) in [4.78, 5) is 0. The van der Waals surface area contributed by atoms with Crippen LogP contribution in [0.15, 0.2) is 0 Å². The van der Waals surface area contributed by atoms with Crippen LogP contribution >= 0.6 is 0 Å². The van der Waals surface area contributed by atoms with Crippen LogP contribution in [0.5, 0.6) is 0 Å². The van der Waals surface area contributed by atoms with Gasteiger partial charge in [-0.2, -0.15) is 0 Å². The summed E-state index contributed by atoms with van der Waals surface area (Å²) in [5.41, 5.74) is 0.158. The number of rotatable bonds is 0. The smallest absolute Gasteiger partial charge is 0.0683 e. The Morgan fingerprint density at radius 3 is 2.44 bits per heavy atom. The summed E-state index contributed by atoms with van der Waals surface area (Å²) in [5, 5.41) is 11.0. The third-order valence-corrected chi connectivity index (χ3v) is 6.96. The number of fused-ring (bicyclic) bond motifs is 1. The molecule has 92 valence electrons. The first-order valence-electron chi connectivity index (χ1n) is 7.05. The largest absolute Gasteiger partial charge is 0.390 e. The van der Waals surface area contributed by atoms with Gasteiger partial charge >= 0.3 is 0 Å². The van der Waals surface area contributed by atoms with Crippen molar-refractivity contribution in [3.05, 3.63) is 0 Å². The average molecular weight is 222 g/mol. The fourth-order valence-electron chi connectivity index (χ4n) is 6.05. The van der Waals surface area contributed by atoms with Crippen molar-refractivity contribution in [3.63, 3.8) is 0 Å². The zero-order valence-electron chi connectivity index (χ0n) is 11.2. The van der Waals surface area contributed by atoms with E-state index in [1.54, 1.807) is 0 Å². The molecule has 2 bridgehead atoms. The monoisotopic (exact) mass is 222 g/mol. The minimum atomic E-state index is -0.418. The fraction of sp³-hybridized carbons (Fsp3) is 1.00. The molecule has 0 amide bonds. The SMILES string of the molecule is C[C@@H]1CC[C@]23[C@@H]1C[C@H](CC[C@@]2(C)O)C3(C)C. The first-order chi connectivity index (χ1) is 7.33. The van der Waals surface area contributed by atoms with Crippen LogP contribution in [0.3, 0.4) is 0 Å². The van der Waals surface area contributed by atoms with Crippen molar-refractivity contribution >= 4 is 0 Å². The lowest BCUT2D eigenvalue weighted by Crippen LogP contribution is -2.57. The minimum absolute atomic E-state index is 0.225. The van der Waals surface area contributed by atoms with E-state index in [1.165, 1.54) is 25.7 Å². The maximum Gasteiger partial charge on any atom is 0.0683 e. The highest BCUT2D eigenvalue weighted by atomic mass is 16.3. The molecule has 0 unspecified atom stereocenters. The lowest BCUT2D eigenvalue weighted by molar-refractivity contribution is -0.170. The molecule has 0 aromatic heterocycles. The Kier molecular flexibility index (Phi) is 1.98. The molecule has 0 saturated heterocycles. The maximum atomic E-state index is 11.0. The molecule has 3 rings (SSSR count). The molecule has 1 nitrogen and oxygen atoms in total. The van der Waals surface area contributed by atoms with E-state index in [4.69, 9.17) is 0 Å². The van der Waals surface area contributed by atoms with E-state index in [0.717, 1.165) is 24.2 Å². The van der Waals surface area contributed by atoms with Crippen LogP contribution in [0.2, 0.25) is 0 Å². The van der Waals surface area contributed by atoms with Crippen LogP contribution < -0.4 is 0 Å². The summed E-state index contributed by atoms with van der Waals surface area (Å²) >= 11 is 0. The van der Waals surface area contributed by atoms with Gasteiger partial charge in [-0.3, -0.25) is 0 Å². The van der Waals surface area contributed by atoms with Gasteiger partial charge in [-0.1, -0.05) is 20.8 Å². The molecule has 0 heterocycles. The molecule has 0 aromatic rings. The van der Waals surface area contributed by atoms with Gasteiger partial charge in [0.1, 0.15) is 0 Å². The molecule has 3 saturated carbocycles. The van der Waals surface area contributed by atoms with Crippen LogP contribution in [-0.2, 0) is 0 Å². The molecule has 0 aromatic carbocycles. The van der Waals surface area contributed by atoms with Crippen LogP contribution in [0, 0.1) is 28.6 Å². The summed E-state index contributed by atoms with van der Waals surface area (Å²) in [6, 6.07) is 0. The fourth-order valence-corrected chi connectivity index (χ4v) is 6.05. The summed E-state index contributed by atoms with van der Waals surface area (Å²) in [6.45, 7) is 9.40. The Hall–Kier alpha value is -0.0400. The van der Waals surface area contributed by atoms with Crippen LogP contribution in [0.25, 0.3) is 0 Å². The molecule has 1 N–H and O–H groups in total. The molecule has 1 heteroatoms. The molecule has 3 aliphatic rings. The third kappa shape index (κ3) is 0.939. The summed E-state index contributed by atoms with van der Waals surface area (Å²) < 4.78 is 0. The predicted molar refractivity (Wildman–Crippen MR) is 66.1 cm³/mol. The van der Waals surface area contributed by atoms with Gasteiger partial charge in [-0.25, -0.2) is 0 Å². The quantitative estimate of drug-likeness (QED) is 0.664. The zero-order chi connectivity index (χ0) is 11.8. The topological polar surface area (TPSA) is 20.2 Å². The molecule has 3 fully saturated rings. The minimum Gasteiger partial charge on any atom is -0.390 e. The van der Waals surface area contributed by atoms with Crippen LogP contribution in [-0.4, -0.2) is 10.7 Å². The highest BCUT2D eigenvalue weighted by Gasteiger charge is 2.71. The Labute approximate surface area is 99.6 Å². The summed E-state index contributed by atoms with van der Waals surface area (Å²) in [5.74, 6) is 2.47. The normalized spacial score (nSPS) is 58.7.